The van der Waals surface area contributed by atoms with Crippen molar-refractivity contribution in [1.82, 2.24) is 0 Å². The highest BCUT2D eigenvalue weighted by Gasteiger charge is 2.40. The van der Waals surface area contributed by atoms with Gasteiger partial charge in [-0.05, 0) is 22.8 Å². The second kappa shape index (κ2) is 7.08. The number of rotatable bonds is 4. The average molecular weight is 353 g/mol. The predicted molar refractivity (Wildman–Crippen MR) is 109 cm³/mol. The van der Waals surface area contributed by atoms with Crippen LogP contribution in [0.1, 0.15) is 22.3 Å². The van der Waals surface area contributed by atoms with Gasteiger partial charge >= 0.3 is 0 Å². The zero-order chi connectivity index (χ0) is 18.7. The van der Waals surface area contributed by atoms with Crippen molar-refractivity contribution in [3.8, 4) is 0 Å². The molecule has 132 valence electrons. The van der Waals surface area contributed by atoms with Crippen molar-refractivity contribution < 1.29 is 4.39 Å². The van der Waals surface area contributed by atoms with Crippen LogP contribution < -0.4 is 5.73 Å². The summed E-state index contributed by atoms with van der Waals surface area (Å²) in [5.74, 6) is -0.381. The van der Waals surface area contributed by atoms with E-state index in [0.29, 0.717) is 5.56 Å². The molecule has 0 fully saturated rings. The van der Waals surface area contributed by atoms with Gasteiger partial charge in [0.05, 0.1) is 11.1 Å². The molecule has 4 aromatic rings. The Labute approximate surface area is 158 Å². The summed E-state index contributed by atoms with van der Waals surface area (Å²) < 4.78 is 15.4. The van der Waals surface area contributed by atoms with E-state index in [4.69, 9.17) is 5.73 Å². The molecule has 0 amide bonds. The molecule has 2 heteroatoms. The Hall–Kier alpha value is -3.39. The van der Waals surface area contributed by atoms with Gasteiger partial charge < -0.3 is 5.73 Å². The SMILES string of the molecule is Nc1cccc(C(c2ccccc2)(c2ccccc2)c2ccccc2)c1F. The molecule has 0 aliphatic rings. The Morgan fingerprint density at radius 2 is 0.926 bits per heavy atom. The van der Waals surface area contributed by atoms with Gasteiger partial charge in [0.15, 0.2) is 5.82 Å². The van der Waals surface area contributed by atoms with E-state index in [1.807, 2.05) is 103 Å². The first kappa shape index (κ1) is 17.0. The summed E-state index contributed by atoms with van der Waals surface area (Å²) in [5.41, 5.74) is 8.85. The zero-order valence-corrected chi connectivity index (χ0v) is 14.8. The minimum Gasteiger partial charge on any atom is -0.396 e. The van der Waals surface area contributed by atoms with E-state index < -0.39 is 5.41 Å². The molecular weight excluding hydrogens is 333 g/mol. The molecule has 0 unspecified atom stereocenters. The summed E-state index contributed by atoms with van der Waals surface area (Å²) >= 11 is 0. The van der Waals surface area contributed by atoms with Gasteiger partial charge in [0.25, 0.3) is 0 Å². The molecule has 1 nitrogen and oxygen atoms in total. The van der Waals surface area contributed by atoms with E-state index in [-0.39, 0.29) is 11.5 Å². The molecule has 0 aromatic heterocycles. The van der Waals surface area contributed by atoms with E-state index >= 15 is 4.39 Å². The molecule has 0 atom stereocenters. The molecule has 0 saturated heterocycles. The van der Waals surface area contributed by atoms with Gasteiger partial charge in [-0.25, -0.2) is 4.39 Å². The van der Waals surface area contributed by atoms with Crippen LogP contribution in [0, 0.1) is 5.82 Å². The summed E-state index contributed by atoms with van der Waals surface area (Å²) in [5, 5.41) is 0. The van der Waals surface area contributed by atoms with Crippen molar-refractivity contribution in [2.24, 2.45) is 0 Å². The summed E-state index contributed by atoms with van der Waals surface area (Å²) in [6.45, 7) is 0. The third kappa shape index (κ3) is 2.80. The van der Waals surface area contributed by atoms with E-state index in [1.54, 1.807) is 6.07 Å². The fourth-order valence-electron chi connectivity index (χ4n) is 3.87. The fraction of sp³-hybridized carbons (Fsp3) is 0.0400. The van der Waals surface area contributed by atoms with Gasteiger partial charge in [-0.3, -0.25) is 0 Å². The fourth-order valence-corrected chi connectivity index (χ4v) is 3.87. The lowest BCUT2D eigenvalue weighted by molar-refractivity contribution is 0.585. The minimum absolute atomic E-state index is 0.152. The number of anilines is 1. The normalized spacial score (nSPS) is 11.3. The van der Waals surface area contributed by atoms with Crippen LogP contribution in [-0.2, 0) is 5.41 Å². The predicted octanol–water partition coefficient (Wildman–Crippen LogP) is 5.79. The minimum atomic E-state index is -0.802. The standard InChI is InChI=1S/C25H20FN/c26-24-22(17-10-18-23(24)27)25(19-11-4-1-5-12-19,20-13-6-2-7-14-20)21-15-8-3-9-16-21/h1-18H,27H2. The zero-order valence-electron chi connectivity index (χ0n) is 14.8. The van der Waals surface area contributed by atoms with Crippen LogP contribution in [0.2, 0.25) is 0 Å². The van der Waals surface area contributed by atoms with E-state index in [9.17, 15) is 0 Å². The van der Waals surface area contributed by atoms with Crippen molar-refractivity contribution >= 4 is 5.69 Å². The van der Waals surface area contributed by atoms with Gasteiger partial charge in [-0.2, -0.15) is 0 Å². The van der Waals surface area contributed by atoms with Crippen LogP contribution in [-0.4, -0.2) is 0 Å². The summed E-state index contributed by atoms with van der Waals surface area (Å²) in [4.78, 5) is 0. The Morgan fingerprint density at radius 1 is 0.519 bits per heavy atom. The van der Waals surface area contributed by atoms with Gasteiger partial charge in [-0.15, -0.1) is 0 Å². The van der Waals surface area contributed by atoms with Gasteiger partial charge in [0, 0.05) is 5.56 Å². The average Bonchev–Trinajstić information content (AvgIpc) is 2.74. The topological polar surface area (TPSA) is 26.0 Å². The summed E-state index contributed by atoms with van der Waals surface area (Å²) in [6.07, 6.45) is 0. The molecule has 4 aromatic carbocycles. The van der Waals surface area contributed by atoms with Crippen molar-refractivity contribution in [2.75, 3.05) is 5.73 Å². The first-order chi connectivity index (χ1) is 13.2. The number of halogens is 1. The van der Waals surface area contributed by atoms with Crippen LogP contribution in [0.5, 0.6) is 0 Å². The van der Waals surface area contributed by atoms with Crippen molar-refractivity contribution in [1.29, 1.82) is 0 Å². The van der Waals surface area contributed by atoms with Crippen LogP contribution >= 0.6 is 0 Å². The van der Waals surface area contributed by atoms with Gasteiger partial charge in [-0.1, -0.05) is 103 Å². The van der Waals surface area contributed by atoms with E-state index in [0.717, 1.165) is 16.7 Å². The highest BCUT2D eigenvalue weighted by Crippen LogP contribution is 2.46. The summed E-state index contributed by atoms with van der Waals surface area (Å²) in [7, 11) is 0. The first-order valence-electron chi connectivity index (χ1n) is 8.95. The molecule has 4 rings (SSSR count). The molecule has 0 aliphatic carbocycles. The molecule has 0 saturated carbocycles. The number of hydrogen-bond donors (Lipinski definition) is 1. The number of nitrogens with two attached hydrogens (primary N) is 1. The molecule has 27 heavy (non-hydrogen) atoms. The molecular formula is C25H20FN. The van der Waals surface area contributed by atoms with E-state index in [1.165, 1.54) is 0 Å². The van der Waals surface area contributed by atoms with Crippen LogP contribution in [0.4, 0.5) is 10.1 Å². The van der Waals surface area contributed by atoms with Gasteiger partial charge in [0.2, 0.25) is 0 Å². The van der Waals surface area contributed by atoms with Gasteiger partial charge in [0.1, 0.15) is 0 Å². The Bertz CT molecular complexity index is 931. The lowest BCUT2D eigenvalue weighted by atomic mass is 9.65. The Kier molecular flexibility index (Phi) is 4.47. The molecule has 0 radical (unpaired) electrons. The quantitative estimate of drug-likeness (QED) is 0.365. The Morgan fingerprint density at radius 3 is 1.33 bits per heavy atom. The second-order valence-corrected chi connectivity index (χ2v) is 6.56. The Balaban J connectivity index is 2.18. The van der Waals surface area contributed by atoms with Crippen LogP contribution in [0.15, 0.2) is 109 Å². The maximum absolute atomic E-state index is 15.4. The second-order valence-electron chi connectivity index (χ2n) is 6.56. The molecule has 0 spiro atoms. The van der Waals surface area contributed by atoms with E-state index in [2.05, 4.69) is 0 Å². The van der Waals surface area contributed by atoms with Crippen molar-refractivity contribution in [3.63, 3.8) is 0 Å². The highest BCUT2D eigenvalue weighted by molar-refractivity contribution is 5.62. The highest BCUT2D eigenvalue weighted by atomic mass is 19.1. The molecule has 2 N–H and O–H groups in total. The van der Waals surface area contributed by atoms with Crippen LogP contribution in [0.25, 0.3) is 0 Å². The summed E-state index contributed by atoms with van der Waals surface area (Å²) in [6, 6.07) is 35.4. The van der Waals surface area contributed by atoms with Crippen molar-refractivity contribution in [3.05, 3.63) is 137 Å². The van der Waals surface area contributed by atoms with Crippen LogP contribution in [0.3, 0.4) is 0 Å². The van der Waals surface area contributed by atoms with Crippen molar-refractivity contribution in [2.45, 2.75) is 5.41 Å². The number of benzene rings is 4. The first-order valence-corrected chi connectivity index (χ1v) is 8.95. The lowest BCUT2D eigenvalue weighted by Crippen LogP contribution is -2.32. The monoisotopic (exact) mass is 353 g/mol. The molecule has 0 heterocycles. The third-order valence-electron chi connectivity index (χ3n) is 5.05. The largest absolute Gasteiger partial charge is 0.396 e. The third-order valence-corrected chi connectivity index (χ3v) is 5.05. The molecule has 0 bridgehead atoms. The smallest absolute Gasteiger partial charge is 0.150 e. The lowest BCUT2D eigenvalue weighted by Gasteiger charge is -2.37. The maximum atomic E-state index is 15.4. The number of hydrogen-bond acceptors (Lipinski definition) is 1. The molecule has 0 aliphatic heterocycles. The maximum Gasteiger partial charge on any atom is 0.150 e. The number of nitrogen functional groups attached to an aromatic ring is 1.